The fourth-order valence-electron chi connectivity index (χ4n) is 1.54. The molecule has 0 bridgehead atoms. The molecule has 0 saturated carbocycles. The maximum Gasteiger partial charge on any atom is 0.147 e. The van der Waals surface area contributed by atoms with Gasteiger partial charge in [-0.25, -0.2) is 9.97 Å². The molecule has 1 fully saturated rings. The molecule has 1 atom stereocenters. The van der Waals surface area contributed by atoms with E-state index in [1.54, 1.807) is 0 Å². The van der Waals surface area contributed by atoms with Crippen LogP contribution < -0.4 is 0 Å². The molecule has 0 N–H and O–H groups in total. The van der Waals surface area contributed by atoms with Crippen molar-refractivity contribution in [1.82, 2.24) is 9.97 Å². The number of ether oxygens (including phenoxy) is 1. The highest BCUT2D eigenvalue weighted by Gasteiger charge is 2.18. The fourth-order valence-corrected chi connectivity index (χ4v) is 2.20. The van der Waals surface area contributed by atoms with Gasteiger partial charge >= 0.3 is 0 Å². The van der Waals surface area contributed by atoms with Crippen molar-refractivity contribution < 1.29 is 4.74 Å². The Hall–Kier alpha value is 0.350. The summed E-state index contributed by atoms with van der Waals surface area (Å²) in [6, 6.07) is 0. The topological polar surface area (TPSA) is 35.0 Å². The van der Waals surface area contributed by atoms with Gasteiger partial charge in [0, 0.05) is 13.0 Å². The molecule has 15 heavy (non-hydrogen) atoms. The van der Waals surface area contributed by atoms with E-state index in [-0.39, 0.29) is 6.10 Å². The summed E-state index contributed by atoms with van der Waals surface area (Å²) in [5.74, 6) is 0.664. The molecular weight excluding hydrogens is 350 g/mol. The number of hydrogen-bond donors (Lipinski definition) is 0. The van der Waals surface area contributed by atoms with Crippen molar-refractivity contribution in [3.05, 3.63) is 19.7 Å². The first-order valence-corrected chi connectivity index (χ1v) is 6.49. The first kappa shape index (κ1) is 11.8. The maximum absolute atomic E-state index is 5.92. The Morgan fingerprint density at radius 1 is 1.33 bits per heavy atom. The van der Waals surface area contributed by atoms with Crippen LogP contribution in [0.15, 0.2) is 0 Å². The van der Waals surface area contributed by atoms with Crippen LogP contribution in [0.5, 0.6) is 0 Å². The lowest BCUT2D eigenvalue weighted by atomic mass is 10.2. The third-order valence-electron chi connectivity index (χ3n) is 2.25. The highest BCUT2D eigenvalue weighted by Crippen LogP contribution is 2.24. The SMILES string of the molecule is Clc1nc(CC2CCCO2)nc(Cl)c1I. The molecule has 2 rings (SSSR count). The minimum absolute atomic E-state index is 0.220. The summed E-state index contributed by atoms with van der Waals surface area (Å²) in [4.78, 5) is 8.36. The van der Waals surface area contributed by atoms with Crippen molar-refractivity contribution in [1.29, 1.82) is 0 Å². The molecular formula is C9H9Cl2IN2O. The second-order valence-corrected chi connectivity index (χ2v) is 5.17. The number of aromatic nitrogens is 2. The highest BCUT2D eigenvalue weighted by molar-refractivity contribution is 14.1. The second-order valence-electron chi connectivity index (χ2n) is 3.37. The van der Waals surface area contributed by atoms with Gasteiger partial charge < -0.3 is 4.74 Å². The van der Waals surface area contributed by atoms with Crippen LogP contribution in [-0.2, 0) is 11.2 Å². The Morgan fingerprint density at radius 2 is 2.00 bits per heavy atom. The van der Waals surface area contributed by atoms with Crippen molar-refractivity contribution in [3.63, 3.8) is 0 Å². The molecule has 1 saturated heterocycles. The van der Waals surface area contributed by atoms with Crippen molar-refractivity contribution in [2.24, 2.45) is 0 Å². The second kappa shape index (κ2) is 5.12. The number of hydrogen-bond acceptors (Lipinski definition) is 3. The summed E-state index contributed by atoms with van der Waals surface area (Å²) in [7, 11) is 0. The summed E-state index contributed by atoms with van der Waals surface area (Å²) in [6.45, 7) is 0.830. The van der Waals surface area contributed by atoms with E-state index >= 15 is 0 Å². The summed E-state index contributed by atoms with van der Waals surface area (Å²) < 4.78 is 6.20. The summed E-state index contributed by atoms with van der Waals surface area (Å²) in [5.41, 5.74) is 0. The quantitative estimate of drug-likeness (QED) is 0.602. The number of nitrogens with zero attached hydrogens (tertiary/aromatic N) is 2. The zero-order chi connectivity index (χ0) is 10.8. The van der Waals surface area contributed by atoms with Gasteiger partial charge in [-0.3, -0.25) is 0 Å². The molecule has 0 spiro atoms. The maximum atomic E-state index is 5.92. The van der Waals surface area contributed by atoms with Gasteiger partial charge in [0.25, 0.3) is 0 Å². The molecule has 2 heterocycles. The molecule has 1 aliphatic heterocycles. The lowest BCUT2D eigenvalue weighted by Crippen LogP contribution is -2.12. The Labute approximate surface area is 112 Å². The van der Waals surface area contributed by atoms with Gasteiger partial charge in [0.1, 0.15) is 16.1 Å². The lowest BCUT2D eigenvalue weighted by molar-refractivity contribution is 0.110. The largest absolute Gasteiger partial charge is 0.378 e. The van der Waals surface area contributed by atoms with E-state index in [1.807, 2.05) is 22.6 Å². The molecule has 0 aliphatic carbocycles. The molecule has 1 aromatic rings. The molecule has 1 aromatic heterocycles. The average Bonchev–Trinajstić information content (AvgIpc) is 2.66. The smallest absolute Gasteiger partial charge is 0.147 e. The van der Waals surface area contributed by atoms with E-state index in [9.17, 15) is 0 Å². The summed E-state index contributed by atoms with van der Waals surface area (Å²) >= 11 is 13.9. The Bertz CT molecular complexity index is 346. The molecule has 1 unspecified atom stereocenters. The van der Waals surface area contributed by atoms with Crippen molar-refractivity contribution >= 4 is 45.8 Å². The van der Waals surface area contributed by atoms with E-state index in [2.05, 4.69) is 9.97 Å². The number of rotatable bonds is 2. The monoisotopic (exact) mass is 358 g/mol. The lowest BCUT2D eigenvalue weighted by Gasteiger charge is -2.08. The van der Waals surface area contributed by atoms with Gasteiger partial charge in [-0.2, -0.15) is 0 Å². The van der Waals surface area contributed by atoms with Gasteiger partial charge in [-0.05, 0) is 35.4 Å². The Balaban J connectivity index is 2.14. The van der Waals surface area contributed by atoms with E-state index in [1.165, 1.54) is 0 Å². The highest BCUT2D eigenvalue weighted by atomic mass is 127. The first-order valence-electron chi connectivity index (χ1n) is 4.66. The molecule has 1 aliphatic rings. The van der Waals surface area contributed by atoms with Crippen LogP contribution in [0.25, 0.3) is 0 Å². The molecule has 3 nitrogen and oxygen atoms in total. The average molecular weight is 359 g/mol. The van der Waals surface area contributed by atoms with Crippen molar-refractivity contribution in [2.75, 3.05) is 6.61 Å². The number of halogens is 3. The predicted octanol–water partition coefficient (Wildman–Crippen LogP) is 3.11. The molecule has 0 amide bonds. The van der Waals surface area contributed by atoms with E-state index in [4.69, 9.17) is 27.9 Å². The Morgan fingerprint density at radius 3 is 2.53 bits per heavy atom. The van der Waals surface area contributed by atoms with Crippen molar-refractivity contribution in [2.45, 2.75) is 25.4 Å². The van der Waals surface area contributed by atoms with E-state index in [0.717, 1.165) is 19.4 Å². The fraction of sp³-hybridized carbons (Fsp3) is 0.556. The van der Waals surface area contributed by atoms with Crippen molar-refractivity contribution in [3.8, 4) is 0 Å². The normalized spacial score (nSPS) is 20.9. The molecule has 0 aromatic carbocycles. The predicted molar refractivity (Wildman–Crippen MR) is 67.4 cm³/mol. The van der Waals surface area contributed by atoms with Gasteiger partial charge in [0.05, 0.1) is 9.67 Å². The minimum atomic E-state index is 0.220. The first-order chi connectivity index (χ1) is 7.16. The van der Waals surface area contributed by atoms with Gasteiger partial charge in [0.15, 0.2) is 0 Å². The zero-order valence-corrected chi connectivity index (χ0v) is 11.5. The van der Waals surface area contributed by atoms with Gasteiger partial charge in [0.2, 0.25) is 0 Å². The summed E-state index contributed by atoms with van der Waals surface area (Å²) in [6.07, 6.45) is 3.08. The molecule has 0 radical (unpaired) electrons. The zero-order valence-electron chi connectivity index (χ0n) is 7.84. The minimum Gasteiger partial charge on any atom is -0.378 e. The van der Waals surface area contributed by atoms with Crippen LogP contribution in [0.4, 0.5) is 0 Å². The third kappa shape index (κ3) is 2.93. The standard InChI is InChI=1S/C9H9Cl2IN2O/c10-8-7(12)9(11)14-6(13-8)4-5-2-1-3-15-5/h5H,1-4H2. The van der Waals surface area contributed by atoms with E-state index < -0.39 is 0 Å². The van der Waals surface area contributed by atoms with Crippen LogP contribution in [-0.4, -0.2) is 22.7 Å². The van der Waals surface area contributed by atoms with Crippen LogP contribution in [0, 0.1) is 3.57 Å². The van der Waals surface area contributed by atoms with Gasteiger partial charge in [-0.1, -0.05) is 23.2 Å². The van der Waals surface area contributed by atoms with Gasteiger partial charge in [-0.15, -0.1) is 0 Å². The van der Waals surface area contributed by atoms with E-state index in [0.29, 0.717) is 26.1 Å². The Kier molecular flexibility index (Phi) is 4.04. The van der Waals surface area contributed by atoms with Crippen LogP contribution >= 0.6 is 45.8 Å². The molecule has 6 heteroatoms. The third-order valence-corrected chi connectivity index (χ3v) is 4.46. The van der Waals surface area contributed by atoms with Crippen LogP contribution in [0.2, 0.25) is 10.3 Å². The van der Waals surface area contributed by atoms with Crippen LogP contribution in [0.1, 0.15) is 18.7 Å². The summed E-state index contributed by atoms with van der Waals surface area (Å²) in [5, 5.41) is 0.840. The molecule has 82 valence electrons. The van der Waals surface area contributed by atoms with Crippen LogP contribution in [0.3, 0.4) is 0 Å².